The topological polar surface area (TPSA) is 69.4 Å². The largest absolute Gasteiger partial charge is 0.377 e. The third-order valence-corrected chi connectivity index (χ3v) is 3.77. The van der Waals surface area contributed by atoms with Gasteiger partial charge in [-0.05, 0) is 26.7 Å². The van der Waals surface area contributed by atoms with Crippen molar-refractivity contribution in [1.82, 2.24) is 15.5 Å². The van der Waals surface area contributed by atoms with E-state index in [-0.39, 0.29) is 17.1 Å². The summed E-state index contributed by atoms with van der Waals surface area (Å²) in [6, 6.07) is 0. The number of rotatable bonds is 7. The lowest BCUT2D eigenvalue weighted by Gasteiger charge is -2.22. The quantitative estimate of drug-likeness (QED) is 0.780. The number of aromatic nitrogens is 2. The second-order valence-corrected chi connectivity index (χ2v) is 7.43. The van der Waals surface area contributed by atoms with Crippen molar-refractivity contribution in [3.05, 3.63) is 11.7 Å². The smallest absolute Gasteiger partial charge is 0.232 e. The van der Waals surface area contributed by atoms with Crippen LogP contribution in [0.1, 0.15) is 59.2 Å². The van der Waals surface area contributed by atoms with Gasteiger partial charge in [0.15, 0.2) is 5.82 Å². The van der Waals surface area contributed by atoms with Crippen LogP contribution in [0.4, 0.5) is 0 Å². The van der Waals surface area contributed by atoms with Crippen LogP contribution in [0.2, 0.25) is 0 Å². The minimum absolute atomic E-state index is 0.133. The van der Waals surface area contributed by atoms with Gasteiger partial charge in [0, 0.05) is 18.6 Å². The Balaban J connectivity index is 1.74. The van der Waals surface area contributed by atoms with Crippen molar-refractivity contribution >= 4 is 0 Å². The van der Waals surface area contributed by atoms with Crippen LogP contribution in [-0.4, -0.2) is 42.6 Å². The summed E-state index contributed by atoms with van der Waals surface area (Å²) < 4.78 is 16.5. The summed E-state index contributed by atoms with van der Waals surface area (Å²) in [6.07, 6.45) is 2.53. The van der Waals surface area contributed by atoms with Gasteiger partial charge in [0.05, 0.1) is 24.9 Å². The molecule has 6 heteroatoms. The van der Waals surface area contributed by atoms with Crippen molar-refractivity contribution in [2.45, 2.75) is 64.5 Å². The number of nitrogens with zero attached hydrogens (tertiary/aromatic N) is 2. The molecule has 0 aliphatic carbocycles. The van der Waals surface area contributed by atoms with Crippen LogP contribution in [0, 0.1) is 0 Å². The van der Waals surface area contributed by atoms with Crippen molar-refractivity contribution in [3.63, 3.8) is 0 Å². The summed E-state index contributed by atoms with van der Waals surface area (Å²) in [5.41, 5.74) is -0.480. The molecule has 1 aliphatic heterocycles. The summed E-state index contributed by atoms with van der Waals surface area (Å²) in [6.45, 7) is 13.2. The average Bonchev–Trinajstić information content (AvgIpc) is 3.09. The molecule has 0 spiro atoms. The van der Waals surface area contributed by atoms with Crippen LogP contribution in [0.25, 0.3) is 0 Å². The van der Waals surface area contributed by atoms with Gasteiger partial charge in [-0.15, -0.1) is 0 Å². The highest BCUT2D eigenvalue weighted by molar-refractivity contribution is 5.05. The fourth-order valence-corrected chi connectivity index (χ4v) is 2.29. The van der Waals surface area contributed by atoms with E-state index in [2.05, 4.69) is 36.2 Å². The second-order valence-electron chi connectivity index (χ2n) is 7.43. The molecule has 2 rings (SSSR count). The van der Waals surface area contributed by atoms with Crippen LogP contribution in [0.15, 0.2) is 4.52 Å². The zero-order valence-electron chi connectivity index (χ0n) is 14.4. The fourth-order valence-electron chi connectivity index (χ4n) is 2.29. The second kappa shape index (κ2) is 7.06. The maximum Gasteiger partial charge on any atom is 0.232 e. The lowest BCUT2D eigenvalue weighted by Crippen LogP contribution is -2.40. The summed E-state index contributed by atoms with van der Waals surface area (Å²) >= 11 is 0. The predicted octanol–water partition coefficient (Wildman–Crippen LogP) is 2.39. The van der Waals surface area contributed by atoms with E-state index >= 15 is 0 Å². The molecule has 0 amide bonds. The minimum atomic E-state index is -0.347. The molecule has 0 bridgehead atoms. The fraction of sp³-hybridized carbons (Fsp3) is 0.875. The first kappa shape index (κ1) is 17.4. The normalized spacial score (nSPS) is 19.8. The van der Waals surface area contributed by atoms with Crippen LogP contribution in [0.5, 0.6) is 0 Å². The van der Waals surface area contributed by atoms with E-state index in [1.165, 1.54) is 0 Å². The Morgan fingerprint density at radius 2 is 2.05 bits per heavy atom. The highest BCUT2D eigenvalue weighted by atomic mass is 16.5. The SMILES string of the molecule is CC(C)(C)c1nc(C(C)(C)NCCOC[C@H]2CCCO2)no1. The number of ether oxygens (including phenoxy) is 2. The highest BCUT2D eigenvalue weighted by Crippen LogP contribution is 2.23. The molecule has 1 fully saturated rings. The first-order chi connectivity index (χ1) is 10.3. The molecule has 2 heterocycles. The molecule has 22 heavy (non-hydrogen) atoms. The van der Waals surface area contributed by atoms with Gasteiger partial charge in [0.2, 0.25) is 5.89 Å². The van der Waals surface area contributed by atoms with E-state index in [9.17, 15) is 0 Å². The molecule has 126 valence electrons. The molecule has 0 saturated carbocycles. The van der Waals surface area contributed by atoms with E-state index in [0.29, 0.717) is 24.9 Å². The monoisotopic (exact) mass is 311 g/mol. The molecule has 0 aromatic carbocycles. The third kappa shape index (κ3) is 4.76. The van der Waals surface area contributed by atoms with Gasteiger partial charge in [0.1, 0.15) is 0 Å². The van der Waals surface area contributed by atoms with Crippen molar-refractivity contribution in [1.29, 1.82) is 0 Å². The van der Waals surface area contributed by atoms with Crippen LogP contribution >= 0.6 is 0 Å². The van der Waals surface area contributed by atoms with Crippen molar-refractivity contribution in [3.8, 4) is 0 Å². The Labute approximate surface area is 132 Å². The van der Waals surface area contributed by atoms with Crippen molar-refractivity contribution in [2.24, 2.45) is 0 Å². The van der Waals surface area contributed by atoms with Gasteiger partial charge in [-0.1, -0.05) is 25.9 Å². The summed E-state index contributed by atoms with van der Waals surface area (Å²) in [5, 5.41) is 7.52. The van der Waals surface area contributed by atoms with Crippen LogP contribution in [-0.2, 0) is 20.4 Å². The van der Waals surface area contributed by atoms with Crippen molar-refractivity contribution < 1.29 is 14.0 Å². The van der Waals surface area contributed by atoms with Gasteiger partial charge in [0.25, 0.3) is 0 Å². The van der Waals surface area contributed by atoms with E-state index in [0.717, 1.165) is 26.0 Å². The molecular weight excluding hydrogens is 282 g/mol. The van der Waals surface area contributed by atoms with E-state index in [4.69, 9.17) is 14.0 Å². The summed E-state index contributed by atoms with van der Waals surface area (Å²) in [4.78, 5) is 4.51. The zero-order valence-corrected chi connectivity index (χ0v) is 14.4. The van der Waals surface area contributed by atoms with E-state index < -0.39 is 0 Å². The zero-order chi connectivity index (χ0) is 16.2. The molecule has 1 saturated heterocycles. The molecular formula is C16H29N3O3. The number of nitrogens with one attached hydrogen (secondary N) is 1. The third-order valence-electron chi connectivity index (χ3n) is 3.77. The molecule has 6 nitrogen and oxygen atoms in total. The van der Waals surface area contributed by atoms with Gasteiger partial charge < -0.3 is 19.3 Å². The summed E-state index contributed by atoms with van der Waals surface area (Å²) in [7, 11) is 0. The molecule has 1 atom stereocenters. The lowest BCUT2D eigenvalue weighted by atomic mass is 9.97. The van der Waals surface area contributed by atoms with Crippen LogP contribution < -0.4 is 5.32 Å². The Hall–Kier alpha value is -0.980. The average molecular weight is 311 g/mol. The molecule has 0 unspecified atom stereocenters. The van der Waals surface area contributed by atoms with Crippen molar-refractivity contribution in [2.75, 3.05) is 26.4 Å². The standard InChI is InChI=1S/C16H29N3O3/c1-15(2,3)14-18-13(19-22-14)16(4,5)17-8-10-20-11-12-7-6-9-21-12/h12,17H,6-11H2,1-5H3/t12-/m1/s1. The molecule has 0 radical (unpaired) electrons. The summed E-state index contributed by atoms with van der Waals surface area (Å²) in [5.74, 6) is 1.34. The van der Waals surface area contributed by atoms with E-state index in [1.54, 1.807) is 0 Å². The first-order valence-corrected chi connectivity index (χ1v) is 8.08. The Morgan fingerprint density at radius 1 is 1.27 bits per heavy atom. The van der Waals surface area contributed by atoms with Gasteiger partial charge >= 0.3 is 0 Å². The minimum Gasteiger partial charge on any atom is -0.377 e. The van der Waals surface area contributed by atoms with Gasteiger partial charge in [-0.25, -0.2) is 0 Å². The molecule has 1 N–H and O–H groups in total. The van der Waals surface area contributed by atoms with Crippen LogP contribution in [0.3, 0.4) is 0 Å². The van der Waals surface area contributed by atoms with E-state index in [1.807, 2.05) is 13.8 Å². The molecule has 1 aromatic rings. The van der Waals surface area contributed by atoms with Gasteiger partial charge in [-0.2, -0.15) is 4.98 Å². The Morgan fingerprint density at radius 3 is 2.64 bits per heavy atom. The maximum atomic E-state index is 5.66. The molecule has 1 aliphatic rings. The van der Waals surface area contributed by atoms with Gasteiger partial charge in [-0.3, -0.25) is 0 Å². The Bertz CT molecular complexity index is 459. The predicted molar refractivity (Wildman–Crippen MR) is 83.8 cm³/mol. The number of hydrogen-bond acceptors (Lipinski definition) is 6. The molecule has 1 aromatic heterocycles. The maximum absolute atomic E-state index is 5.66. The first-order valence-electron chi connectivity index (χ1n) is 8.08. The lowest BCUT2D eigenvalue weighted by molar-refractivity contribution is 0.0169. The highest BCUT2D eigenvalue weighted by Gasteiger charge is 2.29. The Kier molecular flexibility index (Phi) is 5.58. The number of hydrogen-bond donors (Lipinski definition) is 1.